The quantitative estimate of drug-likeness (QED) is 0.659. The van der Waals surface area contributed by atoms with E-state index in [1.807, 2.05) is 0 Å². The average molecular weight is 418 g/mol. The van der Waals surface area contributed by atoms with Gasteiger partial charge < -0.3 is 21.1 Å². The summed E-state index contributed by atoms with van der Waals surface area (Å²) in [7, 11) is 0. The van der Waals surface area contributed by atoms with Crippen LogP contribution < -0.4 is 11.1 Å². The normalized spacial score (nSPS) is 21.1. The molecule has 1 fully saturated rings. The summed E-state index contributed by atoms with van der Waals surface area (Å²) in [5.41, 5.74) is 5.89. The predicted octanol–water partition coefficient (Wildman–Crippen LogP) is 2.66. The largest absolute Gasteiger partial charge is 0.465 e. The van der Waals surface area contributed by atoms with Gasteiger partial charge in [-0.3, -0.25) is 13.9 Å². The van der Waals surface area contributed by atoms with Gasteiger partial charge in [0, 0.05) is 18.4 Å². The Hall–Kier alpha value is -3.68. The van der Waals surface area contributed by atoms with Crippen LogP contribution in [0.5, 0.6) is 0 Å². The molecule has 2 aromatic rings. The lowest BCUT2D eigenvalue weighted by Gasteiger charge is -2.41. The molecule has 1 aliphatic heterocycles. The van der Waals surface area contributed by atoms with E-state index in [0.29, 0.717) is 5.69 Å². The molecule has 158 valence electrons. The first-order valence-electron chi connectivity index (χ1n) is 9.22. The number of rotatable bonds is 6. The smallest absolute Gasteiger partial charge is 0.407 e. The van der Waals surface area contributed by atoms with Crippen LogP contribution in [-0.4, -0.2) is 51.0 Å². The summed E-state index contributed by atoms with van der Waals surface area (Å²) in [6.45, 7) is -0.687. The molecule has 0 radical (unpaired) electrons. The number of aromatic nitrogens is 2. The summed E-state index contributed by atoms with van der Waals surface area (Å²) in [5, 5.41) is 26.3. The van der Waals surface area contributed by atoms with Crippen LogP contribution in [0.25, 0.3) is 0 Å². The predicted molar refractivity (Wildman–Crippen MR) is 102 cm³/mol. The molecule has 1 aromatic heterocycles. The fourth-order valence-corrected chi connectivity index (χ4v) is 3.73. The molecule has 0 saturated carbocycles. The zero-order chi connectivity index (χ0) is 21.8. The lowest BCUT2D eigenvalue weighted by Crippen LogP contribution is -2.52. The minimum atomic E-state index is -1.22. The highest BCUT2D eigenvalue weighted by atomic mass is 19.1. The summed E-state index contributed by atoms with van der Waals surface area (Å²) in [6.07, 6.45) is 0.214. The zero-order valence-corrected chi connectivity index (χ0v) is 15.8. The van der Waals surface area contributed by atoms with Gasteiger partial charge in [-0.15, -0.1) is 0 Å². The number of nitriles is 1. The number of anilines is 2. The minimum Gasteiger partial charge on any atom is -0.465 e. The lowest BCUT2D eigenvalue weighted by molar-refractivity contribution is 0.0546. The number of piperidine rings is 1. The van der Waals surface area contributed by atoms with Crippen LogP contribution in [0.3, 0.4) is 0 Å². The number of amides is 2. The van der Waals surface area contributed by atoms with E-state index >= 15 is 0 Å². The van der Waals surface area contributed by atoms with Crippen LogP contribution in [0.15, 0.2) is 30.5 Å². The second-order valence-electron chi connectivity index (χ2n) is 6.90. The highest BCUT2D eigenvalue weighted by Gasteiger charge is 2.42. The Kier molecular flexibility index (Phi) is 6.15. The van der Waals surface area contributed by atoms with Crippen molar-refractivity contribution >= 4 is 23.5 Å². The molecule has 0 bridgehead atoms. The first-order chi connectivity index (χ1) is 14.3. The first-order valence-corrected chi connectivity index (χ1v) is 9.22. The van der Waals surface area contributed by atoms with Crippen molar-refractivity contribution in [2.24, 2.45) is 11.7 Å². The van der Waals surface area contributed by atoms with E-state index < -0.39 is 42.5 Å². The van der Waals surface area contributed by atoms with Crippen LogP contribution in [-0.2, 0) is 0 Å². The van der Waals surface area contributed by atoms with Gasteiger partial charge in [-0.2, -0.15) is 10.4 Å². The van der Waals surface area contributed by atoms with E-state index in [0.717, 1.165) is 4.90 Å². The van der Waals surface area contributed by atoms with E-state index in [9.17, 15) is 28.7 Å². The second-order valence-corrected chi connectivity index (χ2v) is 6.90. The number of nitrogens with zero attached hydrogens (tertiary/aromatic N) is 4. The number of hydrogen-bond acceptors (Lipinski definition) is 5. The van der Waals surface area contributed by atoms with Crippen molar-refractivity contribution in [2.75, 3.05) is 18.5 Å². The summed E-state index contributed by atoms with van der Waals surface area (Å²) >= 11 is 0. The van der Waals surface area contributed by atoms with Gasteiger partial charge in [-0.05, 0) is 37.1 Å². The minimum absolute atomic E-state index is 0.00228. The Bertz CT molecular complexity index is 972. The van der Waals surface area contributed by atoms with E-state index in [1.54, 1.807) is 0 Å². The Morgan fingerprint density at radius 2 is 2.07 bits per heavy atom. The molecular weight excluding hydrogens is 398 g/mol. The maximum Gasteiger partial charge on any atom is 0.407 e. The number of carbonyl (C=O) groups is 2. The van der Waals surface area contributed by atoms with Gasteiger partial charge in [-0.1, -0.05) is 0 Å². The maximum atomic E-state index is 13.2. The van der Waals surface area contributed by atoms with E-state index in [4.69, 9.17) is 5.73 Å². The van der Waals surface area contributed by atoms with Crippen molar-refractivity contribution in [3.63, 3.8) is 0 Å². The van der Waals surface area contributed by atoms with Crippen molar-refractivity contribution < 1.29 is 23.5 Å². The van der Waals surface area contributed by atoms with Gasteiger partial charge >= 0.3 is 6.09 Å². The summed E-state index contributed by atoms with van der Waals surface area (Å²) in [6, 6.07) is 5.80. The van der Waals surface area contributed by atoms with Gasteiger partial charge in [0.05, 0.1) is 30.7 Å². The number of alkyl halides is 1. The number of halogens is 2. The first kappa shape index (κ1) is 21.0. The van der Waals surface area contributed by atoms with Crippen LogP contribution in [0, 0.1) is 23.1 Å². The Morgan fingerprint density at radius 1 is 1.37 bits per heavy atom. The van der Waals surface area contributed by atoms with Crippen LogP contribution in [0.1, 0.15) is 29.2 Å². The number of hydrogen-bond donors (Lipinski definition) is 3. The molecule has 1 unspecified atom stereocenters. The van der Waals surface area contributed by atoms with Crippen LogP contribution in [0.2, 0.25) is 0 Å². The van der Waals surface area contributed by atoms with Crippen LogP contribution in [0.4, 0.5) is 25.1 Å². The molecule has 0 aliphatic carbocycles. The third-order valence-electron chi connectivity index (χ3n) is 5.11. The molecular formula is C19H20F2N6O3. The van der Waals surface area contributed by atoms with Gasteiger partial charge in [0.15, 0.2) is 5.82 Å². The molecule has 1 aromatic carbocycles. The van der Waals surface area contributed by atoms with Crippen molar-refractivity contribution in [1.29, 1.82) is 5.26 Å². The summed E-state index contributed by atoms with van der Waals surface area (Å²) in [5.74, 6) is -1.82. The van der Waals surface area contributed by atoms with Gasteiger partial charge in [0.25, 0.3) is 5.91 Å². The molecule has 9 nitrogen and oxygen atoms in total. The van der Waals surface area contributed by atoms with Gasteiger partial charge in [0.2, 0.25) is 0 Å². The van der Waals surface area contributed by atoms with Crippen molar-refractivity contribution in [2.45, 2.75) is 24.9 Å². The number of likely N-dealkylation sites (tertiary alicyclic amines) is 1. The number of carbonyl (C=O) groups excluding carboxylic acids is 1. The summed E-state index contributed by atoms with van der Waals surface area (Å²) in [4.78, 5) is 24.7. The second kappa shape index (κ2) is 8.77. The summed E-state index contributed by atoms with van der Waals surface area (Å²) < 4.78 is 27.7. The van der Waals surface area contributed by atoms with Gasteiger partial charge in [0.1, 0.15) is 11.4 Å². The molecule has 2 heterocycles. The highest BCUT2D eigenvalue weighted by molar-refractivity contribution is 5.98. The highest BCUT2D eigenvalue weighted by Crippen LogP contribution is 2.36. The number of nitrogens with two attached hydrogens (primary N) is 1. The number of carboxylic acid groups (broad SMARTS) is 1. The van der Waals surface area contributed by atoms with Crippen LogP contribution >= 0.6 is 0 Å². The molecule has 3 atom stereocenters. The zero-order valence-electron chi connectivity index (χ0n) is 15.8. The molecule has 30 heavy (non-hydrogen) atoms. The topological polar surface area (TPSA) is 137 Å². The van der Waals surface area contributed by atoms with Crippen molar-refractivity contribution in [3.8, 4) is 6.07 Å². The molecule has 4 N–H and O–H groups in total. The third kappa shape index (κ3) is 4.17. The standard InChI is InChI=1S/C19H20F2N6O3/c20-7-5-15-16(11(9-22)6-8-26(15)19(29)30)27-10-14(17(23)28)18(25-27)24-13-3-1-12(21)2-4-13/h1-4,10-11,15-16H,5-8H2,(H2,23,28)(H,24,25)(H,29,30)/t11-,15?,16-/m0/s1. The SMILES string of the molecule is N#C[C@@H]1CCN(C(=O)O)C(CCF)[C@H]1n1cc(C(N)=O)c(Nc2ccc(F)cc2)n1. The van der Waals surface area contributed by atoms with Gasteiger partial charge in [-0.25, -0.2) is 9.18 Å². The Labute approximate surface area is 170 Å². The Balaban J connectivity index is 2.02. The molecule has 11 heteroatoms. The fraction of sp³-hybridized carbons (Fsp3) is 0.368. The maximum absolute atomic E-state index is 13.2. The number of benzene rings is 1. The Morgan fingerprint density at radius 3 is 2.63 bits per heavy atom. The molecule has 2 amide bonds. The number of nitrogens with one attached hydrogen (secondary N) is 1. The molecule has 1 aliphatic rings. The fourth-order valence-electron chi connectivity index (χ4n) is 3.73. The molecule has 3 rings (SSSR count). The lowest BCUT2D eigenvalue weighted by atomic mass is 9.85. The third-order valence-corrected chi connectivity index (χ3v) is 5.11. The monoisotopic (exact) mass is 418 g/mol. The van der Waals surface area contributed by atoms with E-state index in [1.165, 1.54) is 35.1 Å². The van der Waals surface area contributed by atoms with Crippen molar-refractivity contribution in [3.05, 3.63) is 41.8 Å². The molecule has 0 spiro atoms. The van der Waals surface area contributed by atoms with E-state index in [2.05, 4.69) is 16.5 Å². The van der Waals surface area contributed by atoms with Crippen molar-refractivity contribution in [1.82, 2.24) is 14.7 Å². The molecule has 1 saturated heterocycles. The number of primary amides is 1. The average Bonchev–Trinajstić information content (AvgIpc) is 3.13. The van der Waals surface area contributed by atoms with E-state index in [-0.39, 0.29) is 30.8 Å².